The van der Waals surface area contributed by atoms with Gasteiger partial charge in [-0.25, -0.2) is 9.97 Å². The lowest BCUT2D eigenvalue weighted by Gasteiger charge is -2.35. The SMILES string of the molecule is O=C(NC1CCN(c2ncnc3c2CCCC3)CC1)[C@H]1COc2ccccc2C1. The van der Waals surface area contributed by atoms with Gasteiger partial charge >= 0.3 is 0 Å². The number of para-hydroxylation sites is 1. The molecule has 2 aliphatic heterocycles. The van der Waals surface area contributed by atoms with E-state index in [9.17, 15) is 4.79 Å². The van der Waals surface area contributed by atoms with E-state index in [2.05, 4.69) is 26.3 Å². The van der Waals surface area contributed by atoms with Crippen molar-refractivity contribution in [1.29, 1.82) is 0 Å². The zero-order valence-corrected chi connectivity index (χ0v) is 16.8. The molecule has 0 bridgehead atoms. The number of nitrogens with one attached hydrogen (secondary N) is 1. The van der Waals surface area contributed by atoms with Gasteiger partial charge in [0.15, 0.2) is 0 Å². The second-order valence-electron chi connectivity index (χ2n) is 8.42. The number of anilines is 1. The lowest BCUT2D eigenvalue weighted by molar-refractivity contribution is -0.127. The Morgan fingerprint density at radius 1 is 1.10 bits per heavy atom. The maximum absolute atomic E-state index is 12.8. The Hall–Kier alpha value is -2.63. The van der Waals surface area contributed by atoms with Crippen molar-refractivity contribution in [2.24, 2.45) is 5.92 Å². The van der Waals surface area contributed by atoms with E-state index in [-0.39, 0.29) is 17.9 Å². The zero-order valence-electron chi connectivity index (χ0n) is 16.8. The topological polar surface area (TPSA) is 67.4 Å². The van der Waals surface area contributed by atoms with Crippen molar-refractivity contribution >= 4 is 11.7 Å². The van der Waals surface area contributed by atoms with Gasteiger partial charge < -0.3 is 15.0 Å². The molecule has 152 valence electrons. The summed E-state index contributed by atoms with van der Waals surface area (Å²) >= 11 is 0. The highest BCUT2D eigenvalue weighted by Gasteiger charge is 2.29. The van der Waals surface area contributed by atoms with Crippen LogP contribution in [-0.4, -0.2) is 41.6 Å². The number of carbonyl (C=O) groups is 1. The third-order valence-corrected chi connectivity index (χ3v) is 6.49. The minimum atomic E-state index is -0.100. The fourth-order valence-corrected chi connectivity index (χ4v) is 4.83. The molecule has 3 aliphatic rings. The summed E-state index contributed by atoms with van der Waals surface area (Å²) in [5.74, 6) is 2.06. The summed E-state index contributed by atoms with van der Waals surface area (Å²) in [7, 11) is 0. The highest BCUT2D eigenvalue weighted by atomic mass is 16.5. The molecule has 0 spiro atoms. The third kappa shape index (κ3) is 3.80. The van der Waals surface area contributed by atoms with Crippen molar-refractivity contribution in [2.45, 2.75) is 51.0 Å². The van der Waals surface area contributed by atoms with Crippen molar-refractivity contribution in [1.82, 2.24) is 15.3 Å². The van der Waals surface area contributed by atoms with Crippen molar-refractivity contribution in [3.63, 3.8) is 0 Å². The number of aryl methyl sites for hydroxylation is 1. The van der Waals surface area contributed by atoms with Gasteiger partial charge in [-0.1, -0.05) is 18.2 Å². The van der Waals surface area contributed by atoms with Crippen molar-refractivity contribution in [3.05, 3.63) is 47.4 Å². The number of fused-ring (bicyclic) bond motifs is 2. The van der Waals surface area contributed by atoms with E-state index < -0.39 is 0 Å². The summed E-state index contributed by atoms with van der Waals surface area (Å²) in [6.45, 7) is 2.32. The van der Waals surface area contributed by atoms with E-state index in [4.69, 9.17) is 4.74 Å². The molecule has 1 saturated heterocycles. The van der Waals surface area contributed by atoms with Crippen LogP contribution >= 0.6 is 0 Å². The van der Waals surface area contributed by atoms with E-state index >= 15 is 0 Å². The quantitative estimate of drug-likeness (QED) is 0.870. The highest BCUT2D eigenvalue weighted by Crippen LogP contribution is 2.30. The second-order valence-corrected chi connectivity index (χ2v) is 8.42. The van der Waals surface area contributed by atoms with Crippen LogP contribution < -0.4 is 15.0 Å². The number of ether oxygens (including phenoxy) is 1. The zero-order chi connectivity index (χ0) is 19.6. The van der Waals surface area contributed by atoms with E-state index in [1.807, 2.05) is 18.2 Å². The summed E-state index contributed by atoms with van der Waals surface area (Å²) < 4.78 is 5.79. The number of rotatable bonds is 3. The van der Waals surface area contributed by atoms with Gasteiger partial charge in [0.1, 0.15) is 24.5 Å². The molecule has 0 unspecified atom stereocenters. The molecular formula is C23H28N4O2. The Balaban J connectivity index is 1.17. The molecule has 1 aromatic heterocycles. The van der Waals surface area contributed by atoms with Gasteiger partial charge in [-0.2, -0.15) is 0 Å². The van der Waals surface area contributed by atoms with Gasteiger partial charge in [-0.05, 0) is 56.6 Å². The van der Waals surface area contributed by atoms with Crippen molar-refractivity contribution in [2.75, 3.05) is 24.6 Å². The number of hydrogen-bond acceptors (Lipinski definition) is 5. The summed E-state index contributed by atoms with van der Waals surface area (Å²) in [6.07, 6.45) is 9.00. The molecule has 1 aromatic carbocycles. The minimum Gasteiger partial charge on any atom is -0.492 e. The molecule has 1 N–H and O–H groups in total. The van der Waals surface area contributed by atoms with Gasteiger partial charge in [0.05, 0.1) is 5.92 Å². The van der Waals surface area contributed by atoms with Gasteiger partial charge in [0.2, 0.25) is 5.91 Å². The number of nitrogens with zero attached hydrogens (tertiary/aromatic N) is 3. The molecule has 6 nitrogen and oxygen atoms in total. The second kappa shape index (κ2) is 8.01. The Morgan fingerprint density at radius 3 is 2.83 bits per heavy atom. The van der Waals surface area contributed by atoms with E-state index in [0.29, 0.717) is 6.61 Å². The maximum atomic E-state index is 12.8. The fraction of sp³-hybridized carbons (Fsp3) is 0.522. The van der Waals surface area contributed by atoms with Crippen LogP contribution in [0.15, 0.2) is 30.6 Å². The molecule has 1 fully saturated rings. The first-order chi connectivity index (χ1) is 14.3. The van der Waals surface area contributed by atoms with Crippen LogP contribution in [0.3, 0.4) is 0 Å². The number of benzene rings is 1. The first-order valence-corrected chi connectivity index (χ1v) is 10.9. The average molecular weight is 393 g/mol. The molecule has 1 amide bonds. The smallest absolute Gasteiger partial charge is 0.227 e. The fourth-order valence-electron chi connectivity index (χ4n) is 4.83. The summed E-state index contributed by atoms with van der Waals surface area (Å²) in [6, 6.07) is 8.24. The molecule has 6 heteroatoms. The van der Waals surface area contributed by atoms with Gasteiger partial charge in [0.25, 0.3) is 0 Å². The van der Waals surface area contributed by atoms with Crippen LogP contribution in [-0.2, 0) is 24.1 Å². The Kier molecular flexibility index (Phi) is 5.08. The predicted molar refractivity (Wildman–Crippen MR) is 111 cm³/mol. The first kappa shape index (κ1) is 18.4. The Morgan fingerprint density at radius 2 is 1.93 bits per heavy atom. The largest absolute Gasteiger partial charge is 0.492 e. The van der Waals surface area contributed by atoms with Crippen LogP contribution in [0.1, 0.15) is 42.5 Å². The first-order valence-electron chi connectivity index (χ1n) is 10.9. The monoisotopic (exact) mass is 392 g/mol. The normalized spacial score (nSPS) is 21.7. The average Bonchev–Trinajstić information content (AvgIpc) is 2.79. The molecular weight excluding hydrogens is 364 g/mol. The van der Waals surface area contributed by atoms with Crippen LogP contribution in [0.4, 0.5) is 5.82 Å². The van der Waals surface area contributed by atoms with Gasteiger partial charge in [0, 0.05) is 30.4 Å². The number of piperidine rings is 1. The molecule has 0 radical (unpaired) electrons. The predicted octanol–water partition coefficient (Wildman–Crippen LogP) is 2.69. The van der Waals surface area contributed by atoms with Crippen molar-refractivity contribution < 1.29 is 9.53 Å². The number of hydrogen-bond donors (Lipinski definition) is 1. The van der Waals surface area contributed by atoms with Crippen LogP contribution in [0.5, 0.6) is 5.75 Å². The van der Waals surface area contributed by atoms with E-state index in [0.717, 1.165) is 62.3 Å². The molecule has 3 heterocycles. The third-order valence-electron chi connectivity index (χ3n) is 6.49. The van der Waals surface area contributed by atoms with Gasteiger partial charge in [-0.3, -0.25) is 4.79 Å². The number of carbonyl (C=O) groups excluding carboxylic acids is 1. The minimum absolute atomic E-state index is 0.100. The summed E-state index contributed by atoms with van der Waals surface area (Å²) in [4.78, 5) is 24.3. The van der Waals surface area contributed by atoms with Crippen LogP contribution in [0, 0.1) is 5.92 Å². The maximum Gasteiger partial charge on any atom is 0.227 e. The Bertz CT molecular complexity index is 892. The molecule has 29 heavy (non-hydrogen) atoms. The Labute approximate surface area is 171 Å². The standard InChI is InChI=1S/C23H28N4O2/c28-23(17-13-16-5-1-4-8-21(16)29-14-17)26-18-9-11-27(12-10-18)22-19-6-2-3-7-20(19)24-15-25-22/h1,4-5,8,15,17-18H,2-3,6-7,9-14H2,(H,26,28)/t17-/m1/s1. The number of amides is 1. The van der Waals surface area contributed by atoms with Gasteiger partial charge in [-0.15, -0.1) is 0 Å². The lowest BCUT2D eigenvalue weighted by atomic mass is 9.94. The van der Waals surface area contributed by atoms with Crippen LogP contribution in [0.25, 0.3) is 0 Å². The molecule has 1 aliphatic carbocycles. The molecule has 0 saturated carbocycles. The molecule has 5 rings (SSSR count). The molecule has 2 aromatic rings. The van der Waals surface area contributed by atoms with Crippen LogP contribution in [0.2, 0.25) is 0 Å². The summed E-state index contributed by atoms with van der Waals surface area (Å²) in [5, 5.41) is 3.28. The number of aromatic nitrogens is 2. The lowest BCUT2D eigenvalue weighted by Crippen LogP contribution is -2.48. The summed E-state index contributed by atoms with van der Waals surface area (Å²) in [5.41, 5.74) is 3.70. The highest BCUT2D eigenvalue weighted by molar-refractivity contribution is 5.80. The van der Waals surface area contributed by atoms with E-state index in [1.165, 1.54) is 24.1 Å². The van der Waals surface area contributed by atoms with E-state index in [1.54, 1.807) is 6.33 Å². The van der Waals surface area contributed by atoms with Crippen molar-refractivity contribution in [3.8, 4) is 5.75 Å². The molecule has 1 atom stereocenters.